The van der Waals surface area contributed by atoms with E-state index in [0.29, 0.717) is 24.6 Å². The summed E-state index contributed by atoms with van der Waals surface area (Å²) in [5.41, 5.74) is 5.79. The zero-order chi connectivity index (χ0) is 11.4. The van der Waals surface area contributed by atoms with Crippen LogP contribution < -0.4 is 5.73 Å². The fourth-order valence-electron chi connectivity index (χ4n) is 1.58. The number of aromatic nitrogens is 1. The Morgan fingerprint density at radius 3 is 3.00 bits per heavy atom. The molecule has 88 valence electrons. The molecule has 5 nitrogen and oxygen atoms in total. The number of carbonyl (C=O) groups is 1. The van der Waals surface area contributed by atoms with Gasteiger partial charge >= 0.3 is 0 Å². The Labute approximate surface area is 98.4 Å². The predicted octanol–water partition coefficient (Wildman–Crippen LogP) is 0.365. The predicted molar refractivity (Wildman–Crippen MR) is 62.5 cm³/mol. The van der Waals surface area contributed by atoms with Gasteiger partial charge in [0.1, 0.15) is 6.26 Å². The summed E-state index contributed by atoms with van der Waals surface area (Å²) in [4.78, 5) is 17.9. The number of nitrogens with two attached hydrogens (primary N) is 1. The summed E-state index contributed by atoms with van der Waals surface area (Å²) in [6, 6.07) is 0. The lowest BCUT2D eigenvalue weighted by Crippen LogP contribution is -2.38. The average Bonchev–Trinajstić information content (AvgIpc) is 2.78. The van der Waals surface area contributed by atoms with Gasteiger partial charge < -0.3 is 15.1 Å². The van der Waals surface area contributed by atoms with Gasteiger partial charge in [-0.1, -0.05) is 0 Å². The van der Waals surface area contributed by atoms with Crippen molar-refractivity contribution in [3.05, 3.63) is 17.8 Å². The zero-order valence-corrected chi connectivity index (χ0v) is 9.83. The molecule has 1 amide bonds. The van der Waals surface area contributed by atoms with Crippen molar-refractivity contribution in [2.75, 3.05) is 31.1 Å². The molecule has 2 rings (SSSR count). The number of nitrogens with zero attached hydrogens (tertiary/aromatic N) is 2. The molecule has 1 aromatic heterocycles. The maximum Gasteiger partial charge on any atom is 0.275 e. The highest BCUT2D eigenvalue weighted by atomic mass is 32.2. The molecule has 0 aromatic carbocycles. The minimum absolute atomic E-state index is 0.0349. The highest BCUT2D eigenvalue weighted by Crippen LogP contribution is 2.13. The Morgan fingerprint density at radius 1 is 1.56 bits per heavy atom. The van der Waals surface area contributed by atoms with Gasteiger partial charge in [-0.05, 0) is 0 Å². The Bertz CT molecular complexity index is 361. The van der Waals surface area contributed by atoms with E-state index in [9.17, 15) is 4.79 Å². The molecule has 1 fully saturated rings. The van der Waals surface area contributed by atoms with Gasteiger partial charge in [0.15, 0.2) is 11.6 Å². The largest absolute Gasteiger partial charge is 0.448 e. The fraction of sp³-hybridized carbons (Fsp3) is 0.600. The summed E-state index contributed by atoms with van der Waals surface area (Å²) in [5.74, 6) is 2.50. The van der Waals surface area contributed by atoms with Crippen molar-refractivity contribution < 1.29 is 9.21 Å². The summed E-state index contributed by atoms with van der Waals surface area (Å²) in [6.45, 7) is 2.07. The highest BCUT2D eigenvalue weighted by molar-refractivity contribution is 7.99. The van der Waals surface area contributed by atoms with Crippen LogP contribution in [0.4, 0.5) is 0 Å². The zero-order valence-electron chi connectivity index (χ0n) is 9.02. The lowest BCUT2D eigenvalue weighted by molar-refractivity contribution is 0.0766. The highest BCUT2D eigenvalue weighted by Gasteiger charge is 2.21. The number of thioether (sulfide) groups is 1. The van der Waals surface area contributed by atoms with E-state index >= 15 is 0 Å². The van der Waals surface area contributed by atoms with Crippen LogP contribution in [0.1, 0.15) is 16.4 Å². The van der Waals surface area contributed by atoms with Crippen LogP contribution in [0.2, 0.25) is 0 Å². The first-order valence-electron chi connectivity index (χ1n) is 5.33. The minimum atomic E-state index is -0.0349. The summed E-state index contributed by atoms with van der Waals surface area (Å²) in [6.07, 6.45) is 2.00. The smallest absolute Gasteiger partial charge is 0.275 e. The lowest BCUT2D eigenvalue weighted by Gasteiger charge is -2.25. The maximum atomic E-state index is 12.0. The molecule has 16 heavy (non-hydrogen) atoms. The van der Waals surface area contributed by atoms with Crippen molar-refractivity contribution >= 4 is 17.7 Å². The molecule has 1 saturated heterocycles. The van der Waals surface area contributed by atoms with Crippen molar-refractivity contribution in [2.45, 2.75) is 6.42 Å². The van der Waals surface area contributed by atoms with E-state index in [1.54, 1.807) is 0 Å². The van der Waals surface area contributed by atoms with Gasteiger partial charge in [0, 0.05) is 37.6 Å². The van der Waals surface area contributed by atoms with Gasteiger partial charge in [-0.15, -0.1) is 0 Å². The third kappa shape index (κ3) is 2.56. The van der Waals surface area contributed by atoms with Gasteiger partial charge in [0.2, 0.25) is 0 Å². The third-order valence-electron chi connectivity index (χ3n) is 2.43. The van der Waals surface area contributed by atoms with E-state index in [-0.39, 0.29) is 5.91 Å². The van der Waals surface area contributed by atoms with Crippen LogP contribution in [0.3, 0.4) is 0 Å². The molecular formula is C10H15N3O2S. The molecule has 2 N–H and O–H groups in total. The number of hydrogen-bond donors (Lipinski definition) is 1. The first-order valence-corrected chi connectivity index (χ1v) is 6.48. The van der Waals surface area contributed by atoms with E-state index in [4.69, 9.17) is 10.2 Å². The molecule has 0 bridgehead atoms. The second kappa shape index (κ2) is 5.36. The van der Waals surface area contributed by atoms with E-state index in [1.165, 1.54) is 6.26 Å². The quantitative estimate of drug-likeness (QED) is 0.827. The Morgan fingerprint density at radius 2 is 2.31 bits per heavy atom. The Hall–Kier alpha value is -1.01. The SMILES string of the molecule is NCCc1nc(C(=O)N2CCSCC2)co1. The molecule has 1 aliphatic rings. The molecule has 6 heteroatoms. The van der Waals surface area contributed by atoms with E-state index in [2.05, 4.69) is 4.98 Å². The van der Waals surface area contributed by atoms with Crippen LogP contribution >= 0.6 is 11.8 Å². The van der Waals surface area contributed by atoms with Gasteiger partial charge in [-0.3, -0.25) is 4.79 Å². The van der Waals surface area contributed by atoms with Gasteiger partial charge in [0.05, 0.1) is 0 Å². The van der Waals surface area contributed by atoms with Crippen molar-refractivity contribution in [3.8, 4) is 0 Å². The van der Waals surface area contributed by atoms with E-state index in [1.807, 2.05) is 16.7 Å². The van der Waals surface area contributed by atoms with Crippen molar-refractivity contribution in [1.82, 2.24) is 9.88 Å². The molecule has 0 saturated carbocycles. The maximum absolute atomic E-state index is 12.0. The van der Waals surface area contributed by atoms with Crippen molar-refractivity contribution in [2.24, 2.45) is 5.73 Å². The molecule has 0 radical (unpaired) electrons. The molecule has 0 aliphatic carbocycles. The van der Waals surface area contributed by atoms with Crippen LogP contribution in [0.5, 0.6) is 0 Å². The summed E-state index contributed by atoms with van der Waals surface area (Å²) in [5, 5.41) is 0. The number of amides is 1. The normalized spacial score (nSPS) is 16.4. The Kier molecular flexibility index (Phi) is 3.84. The molecule has 2 heterocycles. The molecule has 0 spiro atoms. The first-order chi connectivity index (χ1) is 7.81. The molecule has 1 aliphatic heterocycles. The van der Waals surface area contributed by atoms with E-state index < -0.39 is 0 Å². The summed E-state index contributed by atoms with van der Waals surface area (Å²) in [7, 11) is 0. The van der Waals surface area contributed by atoms with Crippen LogP contribution in [0.15, 0.2) is 10.7 Å². The van der Waals surface area contributed by atoms with Crippen molar-refractivity contribution in [1.29, 1.82) is 0 Å². The molecule has 0 unspecified atom stereocenters. The third-order valence-corrected chi connectivity index (χ3v) is 3.37. The van der Waals surface area contributed by atoms with Crippen LogP contribution in [0.25, 0.3) is 0 Å². The second-order valence-electron chi connectivity index (χ2n) is 3.57. The van der Waals surface area contributed by atoms with Crippen LogP contribution in [-0.2, 0) is 6.42 Å². The van der Waals surface area contributed by atoms with Crippen molar-refractivity contribution in [3.63, 3.8) is 0 Å². The number of oxazole rings is 1. The van der Waals surface area contributed by atoms with Gasteiger partial charge in [0.25, 0.3) is 5.91 Å². The minimum Gasteiger partial charge on any atom is -0.448 e. The molecular weight excluding hydrogens is 226 g/mol. The summed E-state index contributed by atoms with van der Waals surface area (Å²) < 4.78 is 5.17. The molecule has 1 aromatic rings. The number of rotatable bonds is 3. The number of carbonyl (C=O) groups excluding carboxylic acids is 1. The summed E-state index contributed by atoms with van der Waals surface area (Å²) >= 11 is 1.87. The van der Waals surface area contributed by atoms with Gasteiger partial charge in [-0.25, -0.2) is 4.98 Å². The topological polar surface area (TPSA) is 72.4 Å². The van der Waals surface area contributed by atoms with Crippen LogP contribution in [0, 0.1) is 0 Å². The lowest BCUT2D eigenvalue weighted by atomic mass is 10.3. The molecule has 0 atom stereocenters. The number of hydrogen-bond acceptors (Lipinski definition) is 5. The Balaban J connectivity index is 2.01. The van der Waals surface area contributed by atoms with Gasteiger partial charge in [-0.2, -0.15) is 11.8 Å². The standard InChI is InChI=1S/C10H15N3O2S/c11-2-1-9-12-8(7-15-9)10(14)13-3-5-16-6-4-13/h7H,1-6,11H2. The monoisotopic (exact) mass is 241 g/mol. The second-order valence-corrected chi connectivity index (χ2v) is 4.79. The first kappa shape index (κ1) is 11.5. The average molecular weight is 241 g/mol. The fourth-order valence-corrected chi connectivity index (χ4v) is 2.48. The van der Waals surface area contributed by atoms with Crippen LogP contribution in [-0.4, -0.2) is 46.9 Å². The van der Waals surface area contributed by atoms with E-state index in [0.717, 1.165) is 24.6 Å².